The fourth-order valence-electron chi connectivity index (χ4n) is 2.44. The Hall–Kier alpha value is 0.0200. The van der Waals surface area contributed by atoms with Crippen LogP contribution >= 0.6 is 0 Å². The van der Waals surface area contributed by atoms with Crippen LogP contribution in [0.15, 0.2) is 24.3 Å². The van der Waals surface area contributed by atoms with Gasteiger partial charge in [-0.3, -0.25) is 0 Å². The van der Waals surface area contributed by atoms with E-state index in [9.17, 15) is 0 Å². The minimum atomic E-state index is 0.535. The van der Waals surface area contributed by atoms with Gasteiger partial charge >= 0.3 is 103 Å². The van der Waals surface area contributed by atoms with Crippen molar-refractivity contribution < 1.29 is 4.74 Å². The zero-order valence-corrected chi connectivity index (χ0v) is 10.6. The van der Waals surface area contributed by atoms with Gasteiger partial charge in [0.05, 0.1) is 0 Å². The number of fused-ring (bicyclic) bond motifs is 1. The Bertz CT molecular complexity index is 346. The number of hydrogen-bond donors (Lipinski definition) is 0. The molecule has 0 N–H and O–H groups in total. The van der Waals surface area contributed by atoms with Crippen LogP contribution in [0.25, 0.3) is 0 Å². The van der Waals surface area contributed by atoms with Crippen molar-refractivity contribution in [1.29, 1.82) is 0 Å². The predicted molar refractivity (Wildman–Crippen MR) is 56.7 cm³/mol. The molecule has 1 nitrogen and oxygen atoms in total. The van der Waals surface area contributed by atoms with E-state index in [1.807, 2.05) is 0 Å². The Morgan fingerprint density at radius 2 is 2.00 bits per heavy atom. The van der Waals surface area contributed by atoms with Crippen LogP contribution < -0.4 is 4.74 Å². The van der Waals surface area contributed by atoms with E-state index < -0.39 is 0 Å². The van der Waals surface area contributed by atoms with Gasteiger partial charge in [-0.15, -0.1) is 0 Å². The average molecular weight is 196 g/mol. The summed E-state index contributed by atoms with van der Waals surface area (Å²) >= 11 is 1.26. The second-order valence-corrected chi connectivity index (χ2v) is 6.06. The Kier molecular flexibility index (Phi) is 2.35. The third-order valence-corrected chi connectivity index (χ3v) is 4.56. The van der Waals surface area contributed by atoms with Gasteiger partial charge < -0.3 is 0 Å². The number of para-hydroxylation sites is 1. The summed E-state index contributed by atoms with van der Waals surface area (Å²) in [6, 6.07) is 8.58. The van der Waals surface area contributed by atoms with Crippen LogP contribution in [0, 0.1) is 5.92 Å². The zero-order valence-electron chi connectivity index (χ0n) is 8.57. The summed E-state index contributed by atoms with van der Waals surface area (Å²) in [5.74, 6) is 2.04. The van der Waals surface area contributed by atoms with E-state index in [1.54, 1.807) is 0 Å². The van der Waals surface area contributed by atoms with E-state index in [0.29, 0.717) is 6.10 Å². The van der Waals surface area contributed by atoms with Gasteiger partial charge in [0, 0.05) is 0 Å². The van der Waals surface area contributed by atoms with E-state index in [4.69, 9.17) is 4.74 Å². The molecule has 2 unspecified atom stereocenters. The Balaban J connectivity index is 1.91. The SMILES string of the molecule is [Na][CH]1CC(C2CC2)Oc2ccccc21. The molecule has 2 heteroatoms. The molecule has 0 radical (unpaired) electrons. The molecule has 2 atom stereocenters. The normalized spacial score (nSPS) is 30.7. The summed E-state index contributed by atoms with van der Waals surface area (Å²) in [4.78, 5) is 0. The maximum atomic E-state index is 6.05. The molecule has 14 heavy (non-hydrogen) atoms. The second-order valence-electron chi connectivity index (χ2n) is 4.67. The first-order chi connectivity index (χ1) is 6.84. The van der Waals surface area contributed by atoms with Crippen molar-refractivity contribution in [3.63, 3.8) is 0 Å². The standard InChI is InChI=1S/C12H13O.Na/c1-2-4-11-9(3-1)7-8-12(13-11)10-5-6-10;/h1-4,7,10,12H,5-6,8H2;. The van der Waals surface area contributed by atoms with Crippen LogP contribution in [0.2, 0.25) is 0 Å². The molecule has 1 fully saturated rings. The number of ether oxygens (including phenoxy) is 1. The molecule has 0 amide bonds. The van der Waals surface area contributed by atoms with Crippen LogP contribution in [0.3, 0.4) is 0 Å². The van der Waals surface area contributed by atoms with E-state index in [1.165, 1.54) is 52.8 Å². The summed E-state index contributed by atoms with van der Waals surface area (Å²) in [5, 5.41) is 0. The quantitative estimate of drug-likeness (QED) is 0.627. The van der Waals surface area contributed by atoms with E-state index >= 15 is 0 Å². The fourth-order valence-corrected chi connectivity index (χ4v) is 3.38. The maximum absolute atomic E-state index is 6.05. The monoisotopic (exact) mass is 196 g/mol. The van der Waals surface area contributed by atoms with E-state index in [0.717, 1.165) is 14.8 Å². The first-order valence-corrected chi connectivity index (χ1v) is 6.75. The molecule has 3 rings (SSSR count). The molecular formula is C12H13NaO. The Morgan fingerprint density at radius 3 is 2.79 bits per heavy atom. The molecule has 0 saturated heterocycles. The van der Waals surface area contributed by atoms with Gasteiger partial charge in [0.15, 0.2) is 0 Å². The zero-order chi connectivity index (χ0) is 9.54. The van der Waals surface area contributed by atoms with E-state index in [2.05, 4.69) is 24.3 Å². The summed E-state index contributed by atoms with van der Waals surface area (Å²) in [6.45, 7) is 0. The molecule has 2 aliphatic rings. The Labute approximate surface area is 102 Å². The first kappa shape index (κ1) is 9.26. The van der Waals surface area contributed by atoms with Crippen LogP contribution in [0.1, 0.15) is 28.0 Å². The summed E-state index contributed by atoms with van der Waals surface area (Å²) in [6.07, 6.45) is 4.59. The minimum absolute atomic E-state index is 0.535. The molecule has 68 valence electrons. The van der Waals surface area contributed by atoms with Crippen molar-refractivity contribution in [3.05, 3.63) is 29.8 Å². The van der Waals surface area contributed by atoms with Crippen molar-refractivity contribution in [2.24, 2.45) is 5.92 Å². The first-order valence-electron chi connectivity index (χ1n) is 5.60. The number of benzene rings is 1. The van der Waals surface area contributed by atoms with Gasteiger partial charge in [0.2, 0.25) is 0 Å². The van der Waals surface area contributed by atoms with Crippen LogP contribution in [0.4, 0.5) is 0 Å². The topological polar surface area (TPSA) is 9.23 Å². The molecule has 1 aromatic rings. The number of rotatable bonds is 1. The molecule has 1 heterocycles. The third-order valence-electron chi connectivity index (χ3n) is 3.46. The van der Waals surface area contributed by atoms with Crippen LogP contribution in [-0.4, -0.2) is 34.0 Å². The molecule has 1 aliphatic carbocycles. The van der Waals surface area contributed by atoms with Gasteiger partial charge in [0.1, 0.15) is 0 Å². The van der Waals surface area contributed by atoms with Crippen molar-refractivity contribution in [2.45, 2.75) is 28.5 Å². The van der Waals surface area contributed by atoms with Crippen LogP contribution in [-0.2, 0) is 0 Å². The van der Waals surface area contributed by atoms with Gasteiger partial charge in [-0.2, -0.15) is 0 Å². The van der Waals surface area contributed by atoms with Crippen molar-refractivity contribution in [1.82, 2.24) is 0 Å². The van der Waals surface area contributed by atoms with Gasteiger partial charge in [-0.05, 0) is 0 Å². The Morgan fingerprint density at radius 1 is 1.21 bits per heavy atom. The molecule has 0 aromatic heterocycles. The molecule has 1 aliphatic heterocycles. The molecule has 0 bridgehead atoms. The van der Waals surface area contributed by atoms with Gasteiger partial charge in [-0.1, -0.05) is 0 Å². The van der Waals surface area contributed by atoms with Gasteiger partial charge in [-0.25, -0.2) is 0 Å². The molecule has 0 spiro atoms. The predicted octanol–water partition coefficient (Wildman–Crippen LogP) is 2.46. The number of hydrogen-bond acceptors (Lipinski definition) is 1. The molecule has 1 saturated carbocycles. The molecule has 1 aromatic carbocycles. The summed E-state index contributed by atoms with van der Waals surface area (Å²) in [5.41, 5.74) is 1.45. The van der Waals surface area contributed by atoms with Crippen molar-refractivity contribution in [3.8, 4) is 5.75 Å². The second kappa shape index (κ2) is 3.55. The van der Waals surface area contributed by atoms with Crippen LogP contribution in [0.5, 0.6) is 5.75 Å². The van der Waals surface area contributed by atoms with E-state index in [-0.39, 0.29) is 0 Å². The van der Waals surface area contributed by atoms with Gasteiger partial charge in [0.25, 0.3) is 0 Å². The average Bonchev–Trinajstić information content (AvgIpc) is 3.01. The molecular weight excluding hydrogens is 183 g/mol. The summed E-state index contributed by atoms with van der Waals surface area (Å²) in [7, 11) is 0. The van der Waals surface area contributed by atoms with Crippen molar-refractivity contribution >= 4 is 27.9 Å². The summed E-state index contributed by atoms with van der Waals surface area (Å²) < 4.78 is 6.86. The third kappa shape index (κ3) is 1.62. The fraction of sp³-hybridized carbons (Fsp3) is 0.500. The van der Waals surface area contributed by atoms with Crippen molar-refractivity contribution in [2.75, 3.05) is 0 Å².